The van der Waals surface area contributed by atoms with Crippen molar-refractivity contribution in [1.29, 1.82) is 0 Å². The fourth-order valence-electron chi connectivity index (χ4n) is 2.07. The van der Waals surface area contributed by atoms with E-state index in [0.29, 0.717) is 0 Å². The van der Waals surface area contributed by atoms with Gasteiger partial charge in [0.1, 0.15) is 0 Å². The molecule has 1 aliphatic rings. The first-order valence-electron chi connectivity index (χ1n) is 5.14. The van der Waals surface area contributed by atoms with Crippen molar-refractivity contribution >= 4 is 0 Å². The van der Waals surface area contributed by atoms with E-state index in [9.17, 15) is 0 Å². The van der Waals surface area contributed by atoms with E-state index in [0.717, 1.165) is 25.0 Å². The van der Waals surface area contributed by atoms with Gasteiger partial charge in [0.25, 0.3) is 0 Å². The van der Waals surface area contributed by atoms with Gasteiger partial charge in [0.05, 0.1) is 0 Å². The predicted octanol–water partition coefficient (Wildman–Crippen LogP) is 1.46. The lowest BCUT2D eigenvalue weighted by atomic mass is 9.87. The van der Waals surface area contributed by atoms with Crippen LogP contribution < -0.4 is 5.73 Å². The second kappa shape index (κ2) is 4.83. The zero-order chi connectivity index (χ0) is 8.97. The minimum atomic E-state index is 0.794. The summed E-state index contributed by atoms with van der Waals surface area (Å²) in [7, 11) is 2.20. The Kier molecular flexibility index (Phi) is 4.02. The first-order valence-corrected chi connectivity index (χ1v) is 5.14. The molecule has 1 rings (SSSR count). The molecular weight excluding hydrogens is 148 g/mol. The quantitative estimate of drug-likeness (QED) is 0.694. The maximum atomic E-state index is 5.52. The summed E-state index contributed by atoms with van der Waals surface area (Å²) in [6.45, 7) is 4.21. The van der Waals surface area contributed by atoms with Crippen LogP contribution in [-0.4, -0.2) is 31.1 Å². The Morgan fingerprint density at radius 3 is 2.33 bits per heavy atom. The molecule has 1 saturated carbocycles. The van der Waals surface area contributed by atoms with Gasteiger partial charge in [-0.3, -0.25) is 0 Å². The summed E-state index contributed by atoms with van der Waals surface area (Å²) in [6.07, 6.45) is 5.55. The molecule has 72 valence electrons. The van der Waals surface area contributed by atoms with Crippen molar-refractivity contribution in [2.45, 2.75) is 38.6 Å². The van der Waals surface area contributed by atoms with Crippen LogP contribution in [0.4, 0.5) is 0 Å². The summed E-state index contributed by atoms with van der Waals surface area (Å²) in [4.78, 5) is 2.42. The van der Waals surface area contributed by atoms with Gasteiger partial charge in [-0.2, -0.15) is 0 Å². The van der Waals surface area contributed by atoms with E-state index in [1.807, 2.05) is 0 Å². The monoisotopic (exact) mass is 170 g/mol. The van der Waals surface area contributed by atoms with Crippen molar-refractivity contribution in [3.63, 3.8) is 0 Å². The van der Waals surface area contributed by atoms with Crippen LogP contribution in [-0.2, 0) is 0 Å². The van der Waals surface area contributed by atoms with Crippen LogP contribution in [0.1, 0.15) is 32.6 Å². The van der Waals surface area contributed by atoms with Gasteiger partial charge in [0.15, 0.2) is 0 Å². The van der Waals surface area contributed by atoms with Crippen LogP contribution in [0.2, 0.25) is 0 Å². The lowest BCUT2D eigenvalue weighted by Gasteiger charge is -2.33. The first-order chi connectivity index (χ1) is 5.74. The van der Waals surface area contributed by atoms with Gasteiger partial charge in [-0.25, -0.2) is 0 Å². The molecule has 1 aliphatic carbocycles. The summed E-state index contributed by atoms with van der Waals surface area (Å²) >= 11 is 0. The second-order valence-corrected chi connectivity index (χ2v) is 4.18. The molecule has 0 aromatic carbocycles. The lowest BCUT2D eigenvalue weighted by Crippen LogP contribution is -2.37. The minimum absolute atomic E-state index is 0.794. The summed E-state index contributed by atoms with van der Waals surface area (Å²) in [5.41, 5.74) is 5.52. The largest absolute Gasteiger partial charge is 0.329 e. The minimum Gasteiger partial charge on any atom is -0.329 e. The highest BCUT2D eigenvalue weighted by Gasteiger charge is 2.20. The molecule has 0 amide bonds. The third kappa shape index (κ3) is 2.76. The molecule has 0 radical (unpaired) electrons. The van der Waals surface area contributed by atoms with Gasteiger partial charge in [-0.05, 0) is 38.6 Å². The molecule has 0 saturated heterocycles. The van der Waals surface area contributed by atoms with Gasteiger partial charge in [0, 0.05) is 19.1 Å². The van der Waals surface area contributed by atoms with Crippen molar-refractivity contribution in [2.24, 2.45) is 11.7 Å². The SMILES string of the molecule is CN(CCN)[C@H]1CC[C@H](C)CC1. The lowest BCUT2D eigenvalue weighted by molar-refractivity contribution is 0.174. The molecule has 0 unspecified atom stereocenters. The third-order valence-electron chi connectivity index (χ3n) is 3.09. The van der Waals surface area contributed by atoms with Crippen molar-refractivity contribution in [3.05, 3.63) is 0 Å². The Labute approximate surface area is 76.1 Å². The molecule has 1 fully saturated rings. The number of nitrogens with two attached hydrogens (primary N) is 1. The zero-order valence-corrected chi connectivity index (χ0v) is 8.42. The van der Waals surface area contributed by atoms with E-state index in [2.05, 4.69) is 18.9 Å². The summed E-state index contributed by atoms with van der Waals surface area (Å²) in [5.74, 6) is 0.951. The van der Waals surface area contributed by atoms with Gasteiger partial charge >= 0.3 is 0 Å². The van der Waals surface area contributed by atoms with Crippen LogP contribution in [0.25, 0.3) is 0 Å². The van der Waals surface area contributed by atoms with E-state index >= 15 is 0 Å². The normalized spacial score (nSPS) is 31.0. The van der Waals surface area contributed by atoms with Gasteiger partial charge in [0.2, 0.25) is 0 Å². The summed E-state index contributed by atoms with van der Waals surface area (Å²) in [5, 5.41) is 0. The Hall–Kier alpha value is -0.0800. The predicted molar refractivity (Wildman–Crippen MR) is 53.1 cm³/mol. The average Bonchev–Trinajstić information content (AvgIpc) is 2.06. The molecule has 12 heavy (non-hydrogen) atoms. The van der Waals surface area contributed by atoms with Crippen molar-refractivity contribution < 1.29 is 0 Å². The van der Waals surface area contributed by atoms with E-state index in [1.54, 1.807) is 0 Å². The second-order valence-electron chi connectivity index (χ2n) is 4.18. The van der Waals surface area contributed by atoms with E-state index in [1.165, 1.54) is 25.7 Å². The number of hydrogen-bond donors (Lipinski definition) is 1. The van der Waals surface area contributed by atoms with Gasteiger partial charge < -0.3 is 10.6 Å². The Bertz CT molecular complexity index is 117. The standard InChI is InChI=1S/C10H22N2/c1-9-3-5-10(6-4-9)12(2)8-7-11/h9-10H,3-8,11H2,1-2H3/t9-,10-. The van der Waals surface area contributed by atoms with Crippen LogP contribution >= 0.6 is 0 Å². The van der Waals surface area contributed by atoms with Gasteiger partial charge in [-0.15, -0.1) is 0 Å². The molecule has 2 N–H and O–H groups in total. The summed E-state index contributed by atoms with van der Waals surface area (Å²) < 4.78 is 0. The Morgan fingerprint density at radius 1 is 1.25 bits per heavy atom. The first kappa shape index (κ1) is 10.0. The average molecular weight is 170 g/mol. The molecule has 2 heteroatoms. The fourth-order valence-corrected chi connectivity index (χ4v) is 2.07. The van der Waals surface area contributed by atoms with Crippen LogP contribution in [0, 0.1) is 5.92 Å². The summed E-state index contributed by atoms with van der Waals surface area (Å²) in [6, 6.07) is 0.810. The molecule has 0 aromatic rings. The van der Waals surface area contributed by atoms with Crippen molar-refractivity contribution in [1.82, 2.24) is 4.90 Å². The third-order valence-corrected chi connectivity index (χ3v) is 3.09. The Morgan fingerprint density at radius 2 is 1.83 bits per heavy atom. The highest BCUT2D eigenvalue weighted by molar-refractivity contribution is 4.76. The van der Waals surface area contributed by atoms with E-state index < -0.39 is 0 Å². The molecule has 0 atom stereocenters. The van der Waals surface area contributed by atoms with Crippen molar-refractivity contribution in [2.75, 3.05) is 20.1 Å². The molecule has 0 spiro atoms. The van der Waals surface area contributed by atoms with E-state index in [4.69, 9.17) is 5.73 Å². The number of rotatable bonds is 3. The molecule has 2 nitrogen and oxygen atoms in total. The Balaban J connectivity index is 2.24. The number of likely N-dealkylation sites (N-methyl/N-ethyl adjacent to an activating group) is 1. The maximum Gasteiger partial charge on any atom is 0.0104 e. The molecule has 0 aromatic heterocycles. The number of hydrogen-bond acceptors (Lipinski definition) is 2. The molecule has 0 bridgehead atoms. The van der Waals surface area contributed by atoms with E-state index in [-0.39, 0.29) is 0 Å². The molecular formula is C10H22N2. The fraction of sp³-hybridized carbons (Fsp3) is 1.00. The topological polar surface area (TPSA) is 29.3 Å². The molecule has 0 heterocycles. The molecule has 0 aliphatic heterocycles. The van der Waals surface area contributed by atoms with Crippen molar-refractivity contribution in [3.8, 4) is 0 Å². The maximum absolute atomic E-state index is 5.52. The van der Waals surface area contributed by atoms with Crippen LogP contribution in [0.5, 0.6) is 0 Å². The number of nitrogens with zero attached hydrogens (tertiary/aromatic N) is 1. The highest BCUT2D eigenvalue weighted by atomic mass is 15.1. The smallest absolute Gasteiger partial charge is 0.0104 e. The van der Waals surface area contributed by atoms with Crippen LogP contribution in [0.3, 0.4) is 0 Å². The van der Waals surface area contributed by atoms with Crippen LogP contribution in [0.15, 0.2) is 0 Å². The van der Waals surface area contributed by atoms with Gasteiger partial charge in [-0.1, -0.05) is 6.92 Å². The zero-order valence-electron chi connectivity index (χ0n) is 8.42. The highest BCUT2D eigenvalue weighted by Crippen LogP contribution is 2.25.